The maximum atomic E-state index is 13.9. The molecule has 1 atom stereocenters. The summed E-state index contributed by atoms with van der Waals surface area (Å²) < 4.78 is 2.11. The van der Waals surface area contributed by atoms with Crippen LogP contribution in [0.25, 0.3) is 0 Å². The first-order chi connectivity index (χ1) is 18.5. The number of nitrogens with zero attached hydrogens (tertiary/aromatic N) is 4. The van der Waals surface area contributed by atoms with Gasteiger partial charge >= 0.3 is 0 Å². The van der Waals surface area contributed by atoms with E-state index in [1.54, 1.807) is 0 Å². The van der Waals surface area contributed by atoms with E-state index in [1.807, 2.05) is 52.3 Å². The molecule has 0 bridgehead atoms. The molecular formula is C32H38N4O2. The van der Waals surface area contributed by atoms with Gasteiger partial charge in [0.1, 0.15) is 5.69 Å². The lowest BCUT2D eigenvalue weighted by molar-refractivity contribution is 0.0772. The molecule has 3 aromatic rings. The number of fused-ring (bicyclic) bond motifs is 2. The second-order valence-electron chi connectivity index (χ2n) is 11.4. The lowest BCUT2D eigenvalue weighted by atomic mass is 9.84. The Morgan fingerprint density at radius 1 is 0.816 bits per heavy atom. The van der Waals surface area contributed by atoms with Crippen LogP contribution >= 0.6 is 0 Å². The van der Waals surface area contributed by atoms with Gasteiger partial charge in [-0.3, -0.25) is 9.59 Å². The van der Waals surface area contributed by atoms with Crippen molar-refractivity contribution in [2.75, 3.05) is 32.1 Å². The largest absolute Gasteiger partial charge is 0.336 e. The van der Waals surface area contributed by atoms with Crippen molar-refractivity contribution in [2.45, 2.75) is 63.6 Å². The lowest BCUT2D eigenvalue weighted by Gasteiger charge is -2.24. The quantitative estimate of drug-likeness (QED) is 0.464. The topological polar surface area (TPSA) is 48.8 Å². The molecule has 1 aliphatic carbocycles. The molecule has 0 unspecified atom stereocenters. The summed E-state index contributed by atoms with van der Waals surface area (Å²) in [7, 11) is 4.15. The summed E-state index contributed by atoms with van der Waals surface area (Å²) in [6, 6.07) is 20.8. The first-order valence-corrected chi connectivity index (χ1v) is 14.1. The van der Waals surface area contributed by atoms with Gasteiger partial charge in [-0.05, 0) is 80.7 Å². The number of aromatic nitrogens is 1. The van der Waals surface area contributed by atoms with Crippen molar-refractivity contribution in [2.24, 2.45) is 0 Å². The first-order valence-electron chi connectivity index (χ1n) is 14.1. The highest BCUT2D eigenvalue weighted by Crippen LogP contribution is 2.34. The van der Waals surface area contributed by atoms with Crippen molar-refractivity contribution < 1.29 is 9.59 Å². The van der Waals surface area contributed by atoms with Crippen LogP contribution < -0.4 is 4.90 Å². The van der Waals surface area contributed by atoms with Crippen molar-refractivity contribution in [1.82, 2.24) is 14.4 Å². The maximum Gasteiger partial charge on any atom is 0.270 e. The molecule has 0 radical (unpaired) electrons. The Balaban J connectivity index is 1.28. The average Bonchev–Trinajstić information content (AvgIpc) is 3.57. The van der Waals surface area contributed by atoms with Crippen LogP contribution in [0.5, 0.6) is 0 Å². The number of para-hydroxylation sites is 1. The molecule has 2 fully saturated rings. The van der Waals surface area contributed by atoms with E-state index in [0.29, 0.717) is 36.3 Å². The molecule has 0 N–H and O–H groups in total. The molecule has 0 spiro atoms. The van der Waals surface area contributed by atoms with E-state index in [2.05, 4.69) is 41.8 Å². The Bertz CT molecular complexity index is 1320. The molecule has 1 saturated heterocycles. The van der Waals surface area contributed by atoms with E-state index in [4.69, 9.17) is 0 Å². The van der Waals surface area contributed by atoms with Crippen molar-refractivity contribution >= 4 is 17.5 Å². The predicted molar refractivity (Wildman–Crippen MR) is 151 cm³/mol. The van der Waals surface area contributed by atoms with Gasteiger partial charge in [-0.2, -0.15) is 0 Å². The first kappa shape index (κ1) is 24.9. The number of rotatable bonds is 4. The Kier molecular flexibility index (Phi) is 6.83. The molecular weight excluding hydrogens is 472 g/mol. The molecule has 2 aromatic carbocycles. The van der Waals surface area contributed by atoms with Gasteiger partial charge < -0.3 is 19.3 Å². The van der Waals surface area contributed by atoms with Crippen LogP contribution in [0.15, 0.2) is 60.7 Å². The minimum Gasteiger partial charge on any atom is -0.336 e. The van der Waals surface area contributed by atoms with Crippen LogP contribution in [0, 0.1) is 0 Å². The fourth-order valence-corrected chi connectivity index (χ4v) is 6.53. The van der Waals surface area contributed by atoms with Crippen LogP contribution in [0.4, 0.5) is 5.69 Å². The minimum atomic E-state index is 0.00328. The average molecular weight is 511 g/mol. The van der Waals surface area contributed by atoms with Gasteiger partial charge in [0.2, 0.25) is 0 Å². The van der Waals surface area contributed by atoms with Gasteiger partial charge in [-0.15, -0.1) is 0 Å². The highest BCUT2D eigenvalue weighted by molar-refractivity contribution is 6.06. The molecule has 3 aliphatic rings. The number of likely N-dealkylation sites (N-methyl/N-ethyl adjacent to an activating group) is 1. The van der Waals surface area contributed by atoms with Gasteiger partial charge in [-0.1, -0.05) is 49.6 Å². The van der Waals surface area contributed by atoms with Gasteiger partial charge in [0.05, 0.1) is 13.1 Å². The van der Waals surface area contributed by atoms with Crippen molar-refractivity contribution in [1.29, 1.82) is 0 Å². The summed E-state index contributed by atoms with van der Waals surface area (Å²) in [4.78, 5) is 33.5. The Hall–Kier alpha value is -3.38. The second-order valence-corrected chi connectivity index (χ2v) is 11.4. The SMILES string of the molecule is CN(C)[C@@H]1CCN(C(=O)c2ccc3n2Cc2ccccc2N(C(=O)c2ccc(C4CCCCC4)cc2)C3)C1. The third kappa shape index (κ3) is 4.66. The van der Waals surface area contributed by atoms with Crippen molar-refractivity contribution in [3.05, 3.63) is 88.7 Å². The number of anilines is 1. The van der Waals surface area contributed by atoms with E-state index < -0.39 is 0 Å². The van der Waals surface area contributed by atoms with E-state index in [-0.39, 0.29) is 11.8 Å². The Morgan fingerprint density at radius 2 is 1.58 bits per heavy atom. The number of carbonyl (C=O) groups is 2. The molecule has 198 valence electrons. The number of amides is 2. The highest BCUT2D eigenvalue weighted by Gasteiger charge is 2.32. The van der Waals surface area contributed by atoms with Gasteiger partial charge in [0.25, 0.3) is 11.8 Å². The minimum absolute atomic E-state index is 0.00328. The molecule has 2 amide bonds. The number of hydrogen-bond donors (Lipinski definition) is 0. The molecule has 6 heteroatoms. The number of hydrogen-bond acceptors (Lipinski definition) is 3. The molecule has 38 heavy (non-hydrogen) atoms. The summed E-state index contributed by atoms with van der Waals surface area (Å²) in [6.45, 7) is 2.55. The summed E-state index contributed by atoms with van der Waals surface area (Å²) >= 11 is 0. The molecule has 6 nitrogen and oxygen atoms in total. The summed E-state index contributed by atoms with van der Waals surface area (Å²) in [5.41, 5.74) is 5.73. The standard InChI is InChI=1S/C32H38N4O2/c1-33(2)27-18-19-34(21-27)32(38)30-17-16-28-22-36(29-11-7-6-10-26(29)20-35(28)30)31(37)25-14-12-24(13-15-25)23-8-4-3-5-9-23/h6-7,10-17,23,27H,3-5,8-9,18-22H2,1-2H3/t27-/m1/s1. The molecule has 2 aliphatic heterocycles. The number of likely N-dealkylation sites (tertiary alicyclic amines) is 1. The number of benzene rings is 2. The molecule has 1 aromatic heterocycles. The van der Waals surface area contributed by atoms with Crippen molar-refractivity contribution in [3.8, 4) is 0 Å². The summed E-state index contributed by atoms with van der Waals surface area (Å²) in [6.07, 6.45) is 7.43. The second kappa shape index (κ2) is 10.4. The summed E-state index contributed by atoms with van der Waals surface area (Å²) in [5, 5.41) is 0. The van der Waals surface area contributed by atoms with Crippen LogP contribution in [-0.4, -0.2) is 59.4 Å². The predicted octanol–water partition coefficient (Wildman–Crippen LogP) is 5.52. The van der Waals surface area contributed by atoms with Crippen molar-refractivity contribution in [3.63, 3.8) is 0 Å². The molecule has 6 rings (SSSR count). The number of carbonyl (C=O) groups excluding carboxylic acids is 2. The lowest BCUT2D eigenvalue weighted by Crippen LogP contribution is -2.35. The zero-order valence-corrected chi connectivity index (χ0v) is 22.6. The Morgan fingerprint density at radius 3 is 2.32 bits per heavy atom. The third-order valence-corrected chi connectivity index (χ3v) is 8.88. The zero-order valence-electron chi connectivity index (χ0n) is 22.6. The molecule has 1 saturated carbocycles. The molecule has 3 heterocycles. The van der Waals surface area contributed by atoms with Crippen LogP contribution in [0.1, 0.15) is 82.1 Å². The normalized spacial score (nSPS) is 19.8. The van der Waals surface area contributed by atoms with Crippen LogP contribution in [-0.2, 0) is 13.1 Å². The van der Waals surface area contributed by atoms with Crippen LogP contribution in [0.2, 0.25) is 0 Å². The fourth-order valence-electron chi connectivity index (χ4n) is 6.53. The van der Waals surface area contributed by atoms with Crippen LogP contribution in [0.3, 0.4) is 0 Å². The van der Waals surface area contributed by atoms with E-state index in [9.17, 15) is 9.59 Å². The van der Waals surface area contributed by atoms with Gasteiger partial charge in [0.15, 0.2) is 0 Å². The fraction of sp³-hybridized carbons (Fsp3) is 0.438. The van der Waals surface area contributed by atoms with Gasteiger partial charge in [0, 0.05) is 36.1 Å². The maximum absolute atomic E-state index is 13.9. The highest BCUT2D eigenvalue weighted by atomic mass is 16.2. The van der Waals surface area contributed by atoms with Gasteiger partial charge in [-0.25, -0.2) is 0 Å². The summed E-state index contributed by atoms with van der Waals surface area (Å²) in [5.74, 6) is 0.703. The van der Waals surface area contributed by atoms with E-state index in [1.165, 1.54) is 37.7 Å². The third-order valence-electron chi connectivity index (χ3n) is 8.88. The smallest absolute Gasteiger partial charge is 0.270 e. The Labute approximate surface area is 225 Å². The van der Waals surface area contributed by atoms with E-state index >= 15 is 0 Å². The van der Waals surface area contributed by atoms with E-state index in [0.717, 1.165) is 36.5 Å². The monoisotopic (exact) mass is 510 g/mol. The zero-order chi connectivity index (χ0) is 26.2.